The van der Waals surface area contributed by atoms with Crippen LogP contribution in [0.15, 0.2) is 16.5 Å². The number of nitrogens with zero attached hydrogens (tertiary/aromatic N) is 1. The third-order valence-corrected chi connectivity index (χ3v) is 2.48. The normalized spacial score (nSPS) is 25.6. The number of hydrogen-bond acceptors (Lipinski definition) is 5. The summed E-state index contributed by atoms with van der Waals surface area (Å²) in [6, 6.07) is 0. The second-order valence-electron chi connectivity index (χ2n) is 3.25. The van der Waals surface area contributed by atoms with E-state index in [0.29, 0.717) is 26.1 Å². The minimum absolute atomic E-state index is 0.516. The van der Waals surface area contributed by atoms with E-state index in [-0.39, 0.29) is 0 Å². The lowest BCUT2D eigenvalue weighted by Gasteiger charge is -2.21. The van der Waals surface area contributed by atoms with Crippen LogP contribution in [0, 0.1) is 5.53 Å². The Bertz CT molecular complexity index is 256. The Morgan fingerprint density at radius 3 is 2.54 bits per heavy atom. The Kier molecular flexibility index (Phi) is 2.05. The second-order valence-corrected chi connectivity index (χ2v) is 3.25. The molecule has 1 saturated heterocycles. The molecule has 0 radical (unpaired) electrons. The molecule has 2 aliphatic rings. The predicted molar refractivity (Wildman–Crippen MR) is 45.1 cm³/mol. The maximum atomic E-state index is 7.00. The van der Waals surface area contributed by atoms with E-state index >= 15 is 0 Å². The summed E-state index contributed by atoms with van der Waals surface area (Å²) in [5.74, 6) is -0.516. The molecule has 0 atom stereocenters. The lowest BCUT2D eigenvalue weighted by Crippen LogP contribution is -2.27. The maximum Gasteiger partial charge on any atom is 0.179 e. The fraction of sp³-hybridized carbons (Fsp3) is 0.750. The summed E-state index contributed by atoms with van der Waals surface area (Å²) in [4.78, 5) is 0. The van der Waals surface area contributed by atoms with E-state index in [2.05, 4.69) is 10.4 Å². The second kappa shape index (κ2) is 3.08. The SMILES string of the molecule is CNC1=C(N=N)CC2(C1)OCCO2. The lowest BCUT2D eigenvalue weighted by molar-refractivity contribution is -0.148. The zero-order valence-electron chi connectivity index (χ0n) is 7.59. The summed E-state index contributed by atoms with van der Waals surface area (Å²) >= 11 is 0. The van der Waals surface area contributed by atoms with Gasteiger partial charge in [-0.05, 0) is 0 Å². The third-order valence-electron chi connectivity index (χ3n) is 2.48. The molecule has 0 bridgehead atoms. The van der Waals surface area contributed by atoms with Gasteiger partial charge in [-0.3, -0.25) is 0 Å². The summed E-state index contributed by atoms with van der Waals surface area (Å²) in [5, 5.41) is 6.49. The van der Waals surface area contributed by atoms with Crippen molar-refractivity contribution in [2.24, 2.45) is 5.11 Å². The van der Waals surface area contributed by atoms with Crippen molar-refractivity contribution in [2.45, 2.75) is 18.6 Å². The standard InChI is InChI=1S/C8H13N3O2/c1-10-6-4-8(5-7(6)11-9)12-2-3-13-8/h9-10H,2-5H2,1H3. The minimum Gasteiger partial charge on any atom is -0.390 e. The summed E-state index contributed by atoms with van der Waals surface area (Å²) in [5.41, 5.74) is 8.69. The van der Waals surface area contributed by atoms with Gasteiger partial charge in [0.25, 0.3) is 0 Å². The zero-order chi connectivity index (χ0) is 9.31. The molecule has 72 valence electrons. The Balaban J connectivity index is 2.15. The van der Waals surface area contributed by atoms with Gasteiger partial charge in [-0.15, -0.1) is 0 Å². The first-order chi connectivity index (χ1) is 6.29. The van der Waals surface area contributed by atoms with Gasteiger partial charge in [0.15, 0.2) is 5.79 Å². The Morgan fingerprint density at radius 2 is 2.08 bits per heavy atom. The molecule has 5 heteroatoms. The highest BCUT2D eigenvalue weighted by Gasteiger charge is 2.43. The van der Waals surface area contributed by atoms with Crippen molar-refractivity contribution in [3.8, 4) is 0 Å². The predicted octanol–water partition coefficient (Wildman–Crippen LogP) is 0.985. The van der Waals surface area contributed by atoms with Crippen LogP contribution in [0.5, 0.6) is 0 Å². The molecule has 5 nitrogen and oxygen atoms in total. The molecule has 0 aromatic heterocycles. The van der Waals surface area contributed by atoms with Crippen LogP contribution in [0.25, 0.3) is 0 Å². The zero-order valence-corrected chi connectivity index (χ0v) is 7.59. The van der Waals surface area contributed by atoms with E-state index in [0.717, 1.165) is 11.4 Å². The van der Waals surface area contributed by atoms with E-state index < -0.39 is 5.79 Å². The first kappa shape index (κ1) is 8.65. The van der Waals surface area contributed by atoms with Gasteiger partial charge in [0.2, 0.25) is 0 Å². The first-order valence-corrected chi connectivity index (χ1v) is 4.35. The molecule has 1 spiro atoms. The van der Waals surface area contributed by atoms with Gasteiger partial charge >= 0.3 is 0 Å². The number of nitrogens with one attached hydrogen (secondary N) is 2. The van der Waals surface area contributed by atoms with Gasteiger partial charge in [-0.1, -0.05) is 0 Å². The van der Waals surface area contributed by atoms with Crippen molar-refractivity contribution in [3.05, 3.63) is 11.4 Å². The lowest BCUT2D eigenvalue weighted by atomic mass is 10.2. The van der Waals surface area contributed by atoms with Gasteiger partial charge in [0.1, 0.15) is 0 Å². The van der Waals surface area contributed by atoms with Crippen LogP contribution >= 0.6 is 0 Å². The average Bonchev–Trinajstić information content (AvgIpc) is 2.74. The third kappa shape index (κ3) is 1.34. The molecular weight excluding hydrogens is 170 g/mol. The maximum absolute atomic E-state index is 7.00. The van der Waals surface area contributed by atoms with E-state index in [1.165, 1.54) is 0 Å². The fourth-order valence-corrected chi connectivity index (χ4v) is 1.84. The molecule has 13 heavy (non-hydrogen) atoms. The van der Waals surface area contributed by atoms with E-state index in [1.807, 2.05) is 7.05 Å². The van der Waals surface area contributed by atoms with Crippen molar-refractivity contribution < 1.29 is 9.47 Å². The number of ether oxygens (including phenoxy) is 2. The molecule has 1 heterocycles. The first-order valence-electron chi connectivity index (χ1n) is 4.35. The van der Waals surface area contributed by atoms with Crippen LogP contribution in [-0.4, -0.2) is 26.0 Å². The number of rotatable bonds is 2. The van der Waals surface area contributed by atoms with Crippen molar-refractivity contribution in [1.29, 1.82) is 5.53 Å². The van der Waals surface area contributed by atoms with E-state index in [4.69, 9.17) is 15.0 Å². The van der Waals surface area contributed by atoms with Crippen LogP contribution in [0.2, 0.25) is 0 Å². The van der Waals surface area contributed by atoms with Crippen LogP contribution in [0.4, 0.5) is 0 Å². The van der Waals surface area contributed by atoms with Crippen molar-refractivity contribution >= 4 is 0 Å². The summed E-state index contributed by atoms with van der Waals surface area (Å²) < 4.78 is 11.0. The molecule has 1 fully saturated rings. The van der Waals surface area contributed by atoms with Crippen molar-refractivity contribution in [1.82, 2.24) is 5.32 Å². The molecule has 0 amide bonds. The topological polar surface area (TPSA) is 66.7 Å². The van der Waals surface area contributed by atoms with Gasteiger partial charge in [0.05, 0.1) is 18.9 Å². The van der Waals surface area contributed by atoms with E-state index in [9.17, 15) is 0 Å². The highest BCUT2D eigenvalue weighted by Crippen LogP contribution is 2.40. The van der Waals surface area contributed by atoms with Crippen LogP contribution < -0.4 is 5.32 Å². The van der Waals surface area contributed by atoms with Gasteiger partial charge in [-0.2, -0.15) is 5.11 Å². The molecule has 1 aliphatic carbocycles. The minimum atomic E-state index is -0.516. The molecule has 0 aromatic rings. The molecule has 0 unspecified atom stereocenters. The van der Waals surface area contributed by atoms with Gasteiger partial charge in [0, 0.05) is 25.6 Å². The largest absolute Gasteiger partial charge is 0.390 e. The summed E-state index contributed by atoms with van der Waals surface area (Å²) in [6.45, 7) is 1.28. The molecule has 2 N–H and O–H groups in total. The Labute approximate surface area is 76.6 Å². The Morgan fingerprint density at radius 1 is 1.38 bits per heavy atom. The highest BCUT2D eigenvalue weighted by atomic mass is 16.7. The smallest absolute Gasteiger partial charge is 0.179 e. The quantitative estimate of drug-likeness (QED) is 0.627. The molecule has 2 rings (SSSR count). The summed E-state index contributed by atoms with van der Waals surface area (Å²) in [7, 11) is 1.83. The number of hydrogen-bond donors (Lipinski definition) is 2. The average molecular weight is 183 g/mol. The summed E-state index contributed by atoms with van der Waals surface area (Å²) in [6.07, 6.45) is 1.27. The van der Waals surface area contributed by atoms with Crippen molar-refractivity contribution in [3.63, 3.8) is 0 Å². The Hall–Kier alpha value is -0.940. The van der Waals surface area contributed by atoms with E-state index in [1.54, 1.807) is 0 Å². The highest BCUT2D eigenvalue weighted by molar-refractivity contribution is 5.21. The molecular formula is C8H13N3O2. The van der Waals surface area contributed by atoms with Crippen LogP contribution in [0.1, 0.15) is 12.8 Å². The van der Waals surface area contributed by atoms with Crippen LogP contribution in [0.3, 0.4) is 0 Å². The van der Waals surface area contributed by atoms with Gasteiger partial charge < -0.3 is 14.8 Å². The van der Waals surface area contributed by atoms with Crippen molar-refractivity contribution in [2.75, 3.05) is 20.3 Å². The molecule has 0 saturated carbocycles. The molecule has 1 aliphatic heterocycles. The fourth-order valence-electron chi connectivity index (χ4n) is 1.84. The van der Waals surface area contributed by atoms with Crippen LogP contribution in [-0.2, 0) is 9.47 Å². The molecule has 0 aromatic carbocycles. The monoisotopic (exact) mass is 183 g/mol. The van der Waals surface area contributed by atoms with Gasteiger partial charge in [-0.25, -0.2) is 5.53 Å².